The molecule has 0 unspecified atom stereocenters. The molecule has 23 heavy (non-hydrogen) atoms. The van der Waals surface area contributed by atoms with E-state index in [1.807, 2.05) is 13.8 Å². The van der Waals surface area contributed by atoms with Crippen LogP contribution in [0.15, 0.2) is 0 Å². The van der Waals surface area contributed by atoms with Crippen molar-refractivity contribution in [1.29, 1.82) is 0 Å². The van der Waals surface area contributed by atoms with Crippen molar-refractivity contribution >= 4 is 23.8 Å². The summed E-state index contributed by atoms with van der Waals surface area (Å²) in [5, 5.41) is 7.47. The maximum atomic E-state index is 11.9. The zero-order valence-corrected chi connectivity index (χ0v) is 13.7. The van der Waals surface area contributed by atoms with Gasteiger partial charge in [-0.15, -0.1) is 0 Å². The third-order valence-electron chi connectivity index (χ3n) is 3.62. The van der Waals surface area contributed by atoms with Crippen LogP contribution in [0.25, 0.3) is 0 Å². The molecule has 3 N–H and O–H groups in total. The first-order valence-corrected chi connectivity index (χ1v) is 7.56. The van der Waals surface area contributed by atoms with Gasteiger partial charge in [-0.3, -0.25) is 24.6 Å². The average Bonchev–Trinajstić information content (AvgIpc) is 2.49. The summed E-state index contributed by atoms with van der Waals surface area (Å²) >= 11 is 0. The molecule has 0 saturated carbocycles. The SMILES string of the molecule is CC[C@H](C)NC(=O)NC(=O)CN1CCNC(=O)[C@@H]1CC(=O)OC. The largest absolute Gasteiger partial charge is 0.469 e. The van der Waals surface area contributed by atoms with Crippen LogP contribution < -0.4 is 16.0 Å². The molecule has 0 radical (unpaired) electrons. The second-order valence-corrected chi connectivity index (χ2v) is 5.39. The van der Waals surface area contributed by atoms with E-state index in [9.17, 15) is 19.2 Å². The van der Waals surface area contributed by atoms with E-state index in [-0.39, 0.29) is 24.9 Å². The smallest absolute Gasteiger partial charge is 0.321 e. The standard InChI is InChI=1S/C14H24N4O5/c1-4-9(2)16-14(22)17-11(19)8-18-6-5-15-13(21)10(18)7-12(20)23-3/h9-10H,4-8H2,1-3H3,(H,15,21)(H2,16,17,19,22)/t9-,10-/m0/s1. The lowest BCUT2D eigenvalue weighted by molar-refractivity contribution is -0.146. The minimum absolute atomic E-state index is 0.0457. The highest BCUT2D eigenvalue weighted by Crippen LogP contribution is 2.09. The molecule has 9 nitrogen and oxygen atoms in total. The number of rotatable bonds is 6. The molecule has 1 aliphatic heterocycles. The van der Waals surface area contributed by atoms with Gasteiger partial charge in [-0.2, -0.15) is 0 Å². The Morgan fingerprint density at radius 1 is 1.43 bits per heavy atom. The van der Waals surface area contributed by atoms with Crippen LogP contribution in [0.3, 0.4) is 0 Å². The molecular formula is C14H24N4O5. The van der Waals surface area contributed by atoms with Gasteiger partial charge in [0.1, 0.15) is 6.04 Å². The quantitative estimate of drug-likeness (QED) is 0.537. The number of hydrogen-bond donors (Lipinski definition) is 3. The molecule has 130 valence electrons. The number of imide groups is 1. The van der Waals surface area contributed by atoms with Gasteiger partial charge in [-0.1, -0.05) is 6.92 Å². The Morgan fingerprint density at radius 2 is 2.13 bits per heavy atom. The van der Waals surface area contributed by atoms with Crippen molar-refractivity contribution in [2.24, 2.45) is 0 Å². The number of carbonyl (C=O) groups is 4. The number of nitrogens with one attached hydrogen (secondary N) is 3. The molecule has 0 aliphatic carbocycles. The highest BCUT2D eigenvalue weighted by molar-refractivity contribution is 5.96. The molecule has 0 spiro atoms. The highest BCUT2D eigenvalue weighted by Gasteiger charge is 2.33. The lowest BCUT2D eigenvalue weighted by Crippen LogP contribution is -2.58. The van der Waals surface area contributed by atoms with E-state index >= 15 is 0 Å². The van der Waals surface area contributed by atoms with Gasteiger partial charge < -0.3 is 15.4 Å². The fraction of sp³-hybridized carbons (Fsp3) is 0.714. The van der Waals surface area contributed by atoms with Crippen LogP contribution in [0, 0.1) is 0 Å². The summed E-state index contributed by atoms with van der Waals surface area (Å²) < 4.78 is 4.56. The van der Waals surface area contributed by atoms with Gasteiger partial charge in [0.25, 0.3) is 0 Å². The monoisotopic (exact) mass is 328 g/mol. The third-order valence-corrected chi connectivity index (χ3v) is 3.62. The molecule has 1 aliphatic rings. The van der Waals surface area contributed by atoms with E-state index in [1.54, 1.807) is 4.90 Å². The predicted octanol–water partition coefficient (Wildman–Crippen LogP) is -1.03. The number of urea groups is 1. The van der Waals surface area contributed by atoms with Crippen molar-refractivity contribution in [3.05, 3.63) is 0 Å². The summed E-state index contributed by atoms with van der Waals surface area (Å²) in [6.07, 6.45) is 0.601. The Labute approximate surface area is 135 Å². The summed E-state index contributed by atoms with van der Waals surface area (Å²) in [6, 6.07) is -1.40. The van der Waals surface area contributed by atoms with Crippen molar-refractivity contribution in [2.45, 2.75) is 38.8 Å². The van der Waals surface area contributed by atoms with Crippen molar-refractivity contribution in [1.82, 2.24) is 20.9 Å². The Balaban J connectivity index is 2.57. The number of methoxy groups -OCH3 is 1. The Hall–Kier alpha value is -2.16. The topological polar surface area (TPSA) is 117 Å². The number of carbonyl (C=O) groups excluding carboxylic acids is 4. The summed E-state index contributed by atoms with van der Waals surface area (Å²) in [6.45, 7) is 4.38. The van der Waals surface area contributed by atoms with Gasteiger partial charge in [-0.25, -0.2) is 4.79 Å². The van der Waals surface area contributed by atoms with Gasteiger partial charge in [0.2, 0.25) is 11.8 Å². The van der Waals surface area contributed by atoms with Gasteiger partial charge in [0, 0.05) is 19.1 Å². The normalized spacial score (nSPS) is 19.4. The summed E-state index contributed by atoms with van der Waals surface area (Å²) in [5.41, 5.74) is 0. The molecule has 4 amide bonds. The Morgan fingerprint density at radius 3 is 2.74 bits per heavy atom. The molecule has 1 heterocycles. The van der Waals surface area contributed by atoms with E-state index in [1.165, 1.54) is 7.11 Å². The fourth-order valence-electron chi connectivity index (χ4n) is 2.13. The van der Waals surface area contributed by atoms with E-state index in [2.05, 4.69) is 20.7 Å². The van der Waals surface area contributed by atoms with E-state index in [0.717, 1.165) is 6.42 Å². The summed E-state index contributed by atoms with van der Waals surface area (Å²) in [5.74, 6) is -1.40. The van der Waals surface area contributed by atoms with Crippen LogP contribution in [0.2, 0.25) is 0 Å². The molecule has 1 rings (SSSR count). The van der Waals surface area contributed by atoms with Crippen LogP contribution in [0.4, 0.5) is 4.79 Å². The number of ether oxygens (including phenoxy) is 1. The van der Waals surface area contributed by atoms with Gasteiger partial charge in [0.05, 0.1) is 20.1 Å². The van der Waals surface area contributed by atoms with Crippen molar-refractivity contribution in [2.75, 3.05) is 26.7 Å². The third kappa shape index (κ3) is 6.23. The van der Waals surface area contributed by atoms with Crippen LogP contribution in [-0.2, 0) is 19.1 Å². The number of piperazine rings is 1. The first-order valence-electron chi connectivity index (χ1n) is 7.56. The molecule has 0 aromatic heterocycles. The zero-order valence-electron chi connectivity index (χ0n) is 13.7. The molecule has 0 bridgehead atoms. The highest BCUT2D eigenvalue weighted by atomic mass is 16.5. The number of esters is 1. The number of nitrogens with zero attached hydrogens (tertiary/aromatic N) is 1. The molecule has 0 aromatic rings. The molecule has 2 atom stereocenters. The van der Waals surface area contributed by atoms with Crippen molar-refractivity contribution in [3.8, 4) is 0 Å². The molecule has 0 aromatic carbocycles. The minimum atomic E-state index is -0.778. The zero-order chi connectivity index (χ0) is 17.4. The predicted molar refractivity (Wildman–Crippen MR) is 81.4 cm³/mol. The van der Waals surface area contributed by atoms with Crippen molar-refractivity contribution < 1.29 is 23.9 Å². The van der Waals surface area contributed by atoms with E-state index in [0.29, 0.717) is 13.1 Å². The summed E-state index contributed by atoms with van der Waals surface area (Å²) in [4.78, 5) is 48.4. The second-order valence-electron chi connectivity index (χ2n) is 5.39. The Bertz CT molecular complexity index is 468. The molecule has 9 heteroatoms. The van der Waals surface area contributed by atoms with Gasteiger partial charge in [0.15, 0.2) is 0 Å². The van der Waals surface area contributed by atoms with Gasteiger partial charge in [-0.05, 0) is 13.3 Å². The van der Waals surface area contributed by atoms with Crippen LogP contribution in [-0.4, -0.2) is 67.5 Å². The maximum absolute atomic E-state index is 11.9. The van der Waals surface area contributed by atoms with Crippen LogP contribution in [0.5, 0.6) is 0 Å². The Kier molecular flexibility index (Phi) is 7.46. The fourth-order valence-corrected chi connectivity index (χ4v) is 2.13. The lowest BCUT2D eigenvalue weighted by atomic mass is 10.1. The second kappa shape index (κ2) is 9.09. The number of amides is 4. The first-order chi connectivity index (χ1) is 10.9. The van der Waals surface area contributed by atoms with Crippen LogP contribution in [0.1, 0.15) is 26.7 Å². The average molecular weight is 328 g/mol. The molecule has 1 fully saturated rings. The van der Waals surface area contributed by atoms with E-state index < -0.39 is 23.9 Å². The lowest BCUT2D eigenvalue weighted by Gasteiger charge is -2.33. The first kappa shape index (κ1) is 18.9. The van der Waals surface area contributed by atoms with Crippen molar-refractivity contribution in [3.63, 3.8) is 0 Å². The molecule has 1 saturated heterocycles. The van der Waals surface area contributed by atoms with E-state index in [4.69, 9.17) is 0 Å². The summed E-state index contributed by atoms with van der Waals surface area (Å²) in [7, 11) is 1.24. The molecular weight excluding hydrogens is 304 g/mol. The number of hydrogen-bond acceptors (Lipinski definition) is 6. The van der Waals surface area contributed by atoms with Crippen LogP contribution >= 0.6 is 0 Å². The maximum Gasteiger partial charge on any atom is 0.321 e. The minimum Gasteiger partial charge on any atom is -0.469 e. The van der Waals surface area contributed by atoms with Gasteiger partial charge >= 0.3 is 12.0 Å².